The quantitative estimate of drug-likeness (QED) is 0.653. The molecule has 3 heteroatoms. The molecule has 3 aromatic rings. The number of anilines is 1. The third kappa shape index (κ3) is 1.70. The zero-order chi connectivity index (χ0) is 12.7. The molecule has 0 atom stereocenters. The average molecular weight is 257 g/mol. The monoisotopic (exact) mass is 256 g/mol. The molecule has 0 bridgehead atoms. The summed E-state index contributed by atoms with van der Waals surface area (Å²) in [5.74, 6) is 0. The van der Waals surface area contributed by atoms with Gasteiger partial charge in [-0.05, 0) is 37.3 Å². The highest BCUT2D eigenvalue weighted by atomic mass is 35.5. The number of aromatic nitrogens is 1. The van der Waals surface area contributed by atoms with Crippen molar-refractivity contribution in [1.29, 1.82) is 0 Å². The van der Waals surface area contributed by atoms with Crippen molar-refractivity contribution in [3.05, 3.63) is 47.0 Å². The molecule has 0 radical (unpaired) electrons. The first kappa shape index (κ1) is 11.3. The van der Waals surface area contributed by atoms with Crippen molar-refractivity contribution in [2.45, 2.75) is 6.92 Å². The van der Waals surface area contributed by atoms with E-state index in [0.29, 0.717) is 5.02 Å². The van der Waals surface area contributed by atoms with Crippen LogP contribution in [0.3, 0.4) is 0 Å². The van der Waals surface area contributed by atoms with Crippen LogP contribution in [0.4, 0.5) is 5.69 Å². The van der Waals surface area contributed by atoms with E-state index in [9.17, 15) is 0 Å². The molecule has 2 aromatic carbocycles. The number of aryl methyl sites for hydroxylation is 1. The molecule has 18 heavy (non-hydrogen) atoms. The van der Waals surface area contributed by atoms with Crippen LogP contribution in [0.2, 0.25) is 5.02 Å². The second-order valence-corrected chi connectivity index (χ2v) is 4.86. The van der Waals surface area contributed by atoms with Crippen LogP contribution < -0.4 is 5.32 Å². The van der Waals surface area contributed by atoms with E-state index in [-0.39, 0.29) is 0 Å². The summed E-state index contributed by atoms with van der Waals surface area (Å²) >= 11 is 6.03. The first-order chi connectivity index (χ1) is 8.69. The second-order valence-electron chi connectivity index (χ2n) is 4.42. The Kier molecular flexibility index (Phi) is 2.60. The van der Waals surface area contributed by atoms with Crippen molar-refractivity contribution in [2.75, 3.05) is 12.4 Å². The highest BCUT2D eigenvalue weighted by Crippen LogP contribution is 2.32. The Bertz CT molecular complexity index is 750. The summed E-state index contributed by atoms with van der Waals surface area (Å²) in [5, 5.41) is 6.23. The van der Waals surface area contributed by atoms with E-state index in [1.165, 1.54) is 5.56 Å². The summed E-state index contributed by atoms with van der Waals surface area (Å²) in [6.07, 6.45) is 0. The van der Waals surface area contributed by atoms with Crippen LogP contribution in [0.15, 0.2) is 36.4 Å². The molecule has 0 saturated heterocycles. The Balaban J connectivity index is 2.52. The Morgan fingerprint density at radius 1 is 1.00 bits per heavy atom. The molecule has 0 aliphatic rings. The molecule has 2 nitrogen and oxygen atoms in total. The molecule has 0 saturated carbocycles. The van der Waals surface area contributed by atoms with Crippen LogP contribution in [0.1, 0.15) is 5.56 Å². The topological polar surface area (TPSA) is 24.9 Å². The molecule has 0 unspecified atom stereocenters. The van der Waals surface area contributed by atoms with E-state index in [1.54, 1.807) is 0 Å². The number of halogens is 1. The van der Waals surface area contributed by atoms with Crippen molar-refractivity contribution in [2.24, 2.45) is 0 Å². The summed E-state index contributed by atoms with van der Waals surface area (Å²) in [4.78, 5) is 4.66. The van der Waals surface area contributed by atoms with Gasteiger partial charge in [0.25, 0.3) is 0 Å². The first-order valence-corrected chi connectivity index (χ1v) is 6.24. The zero-order valence-electron chi connectivity index (χ0n) is 10.3. The fraction of sp³-hybridized carbons (Fsp3) is 0.133. The molecular weight excluding hydrogens is 244 g/mol. The first-order valence-electron chi connectivity index (χ1n) is 5.86. The van der Waals surface area contributed by atoms with Gasteiger partial charge >= 0.3 is 0 Å². The fourth-order valence-corrected chi connectivity index (χ4v) is 2.47. The number of nitrogens with one attached hydrogen (secondary N) is 1. The van der Waals surface area contributed by atoms with Crippen molar-refractivity contribution in [1.82, 2.24) is 4.98 Å². The standard InChI is InChI=1S/C15H13ClN2/c1-9-3-6-13-12(7-9)15(17-2)11-5-4-10(16)8-14(11)18-13/h3-8H,1-2H3,(H,17,18). The highest BCUT2D eigenvalue weighted by Gasteiger charge is 2.08. The minimum Gasteiger partial charge on any atom is -0.387 e. The number of pyridine rings is 1. The van der Waals surface area contributed by atoms with E-state index in [4.69, 9.17) is 11.6 Å². The number of fused-ring (bicyclic) bond motifs is 2. The van der Waals surface area contributed by atoms with Gasteiger partial charge in [-0.25, -0.2) is 4.98 Å². The van der Waals surface area contributed by atoms with Gasteiger partial charge < -0.3 is 5.32 Å². The molecule has 0 aliphatic carbocycles. The lowest BCUT2D eigenvalue weighted by Crippen LogP contribution is -1.94. The number of hydrogen-bond acceptors (Lipinski definition) is 2. The maximum Gasteiger partial charge on any atom is 0.0745 e. The Labute approximate surface area is 111 Å². The SMILES string of the molecule is CNc1c2ccc(Cl)cc2nc2ccc(C)cc12. The number of rotatable bonds is 1. The number of nitrogens with zero attached hydrogens (tertiary/aromatic N) is 1. The van der Waals surface area contributed by atoms with Gasteiger partial charge in [0.05, 0.1) is 16.7 Å². The van der Waals surface area contributed by atoms with Crippen molar-refractivity contribution < 1.29 is 0 Å². The van der Waals surface area contributed by atoms with Gasteiger partial charge in [0.15, 0.2) is 0 Å². The van der Waals surface area contributed by atoms with Crippen LogP contribution in [0.5, 0.6) is 0 Å². The predicted molar refractivity (Wildman–Crippen MR) is 78.5 cm³/mol. The Morgan fingerprint density at radius 3 is 2.61 bits per heavy atom. The van der Waals surface area contributed by atoms with E-state index < -0.39 is 0 Å². The molecule has 0 spiro atoms. The summed E-state index contributed by atoms with van der Waals surface area (Å²) in [5.41, 5.74) is 4.24. The predicted octanol–water partition coefficient (Wildman–Crippen LogP) is 4.39. The smallest absolute Gasteiger partial charge is 0.0745 e. The number of benzene rings is 2. The van der Waals surface area contributed by atoms with Gasteiger partial charge in [-0.2, -0.15) is 0 Å². The van der Waals surface area contributed by atoms with Gasteiger partial charge in [-0.15, -0.1) is 0 Å². The average Bonchev–Trinajstić information content (AvgIpc) is 2.36. The van der Waals surface area contributed by atoms with Gasteiger partial charge in [0.1, 0.15) is 0 Å². The molecule has 3 rings (SSSR count). The Hall–Kier alpha value is -1.80. The molecule has 0 amide bonds. The van der Waals surface area contributed by atoms with E-state index in [2.05, 4.69) is 29.4 Å². The summed E-state index contributed by atoms with van der Waals surface area (Å²) in [6, 6.07) is 12.1. The lowest BCUT2D eigenvalue weighted by atomic mass is 10.1. The molecule has 1 aromatic heterocycles. The minimum absolute atomic E-state index is 0.712. The molecule has 1 heterocycles. The van der Waals surface area contributed by atoms with Gasteiger partial charge in [0, 0.05) is 22.8 Å². The van der Waals surface area contributed by atoms with Crippen molar-refractivity contribution in [3.8, 4) is 0 Å². The van der Waals surface area contributed by atoms with Crippen LogP contribution in [0, 0.1) is 6.92 Å². The molecule has 90 valence electrons. The molecule has 1 N–H and O–H groups in total. The number of hydrogen-bond donors (Lipinski definition) is 1. The third-order valence-corrected chi connectivity index (χ3v) is 3.38. The van der Waals surface area contributed by atoms with Crippen LogP contribution >= 0.6 is 11.6 Å². The van der Waals surface area contributed by atoms with Crippen molar-refractivity contribution >= 4 is 39.1 Å². The highest BCUT2D eigenvalue weighted by molar-refractivity contribution is 6.31. The maximum atomic E-state index is 6.03. The van der Waals surface area contributed by atoms with Crippen LogP contribution in [-0.4, -0.2) is 12.0 Å². The van der Waals surface area contributed by atoms with Crippen molar-refractivity contribution in [3.63, 3.8) is 0 Å². The van der Waals surface area contributed by atoms with Gasteiger partial charge in [0.2, 0.25) is 0 Å². The fourth-order valence-electron chi connectivity index (χ4n) is 2.30. The largest absolute Gasteiger partial charge is 0.387 e. The summed E-state index contributed by atoms with van der Waals surface area (Å²) in [6.45, 7) is 2.09. The minimum atomic E-state index is 0.712. The van der Waals surface area contributed by atoms with E-state index in [1.807, 2.05) is 31.3 Å². The molecule has 0 fully saturated rings. The lowest BCUT2D eigenvalue weighted by molar-refractivity contribution is 1.44. The lowest BCUT2D eigenvalue weighted by Gasteiger charge is -2.11. The zero-order valence-corrected chi connectivity index (χ0v) is 11.0. The van der Waals surface area contributed by atoms with E-state index in [0.717, 1.165) is 27.5 Å². The van der Waals surface area contributed by atoms with Gasteiger partial charge in [-0.1, -0.05) is 23.2 Å². The Morgan fingerprint density at radius 2 is 1.83 bits per heavy atom. The maximum absolute atomic E-state index is 6.03. The van der Waals surface area contributed by atoms with Crippen LogP contribution in [0.25, 0.3) is 21.8 Å². The second kappa shape index (κ2) is 4.14. The summed E-state index contributed by atoms with van der Waals surface area (Å²) < 4.78 is 0. The summed E-state index contributed by atoms with van der Waals surface area (Å²) in [7, 11) is 1.94. The van der Waals surface area contributed by atoms with Gasteiger partial charge in [-0.3, -0.25) is 0 Å². The molecule has 0 aliphatic heterocycles. The third-order valence-electron chi connectivity index (χ3n) is 3.14. The van der Waals surface area contributed by atoms with E-state index >= 15 is 0 Å². The van der Waals surface area contributed by atoms with Crippen LogP contribution in [-0.2, 0) is 0 Å². The molecular formula is C15H13ClN2. The normalized spacial score (nSPS) is 11.1.